The molecule has 166 valence electrons. The number of benzene rings is 3. The van der Waals surface area contributed by atoms with E-state index in [1.807, 2.05) is 10.8 Å². The molecule has 0 spiro atoms. The minimum Gasteiger partial charge on any atom is -0.325 e. The van der Waals surface area contributed by atoms with Crippen molar-refractivity contribution in [2.45, 2.75) is 17.4 Å². The number of carbonyl (C=O) groups excluding carboxylic acids is 2. The van der Waals surface area contributed by atoms with Gasteiger partial charge in [0.2, 0.25) is 5.91 Å². The SMILES string of the molecule is CN(C(=O)[C@H](Cc1ccccc1)NC(=O)NS(=O)(=O)c1ccccc1)c1ccc(F)cc1. The van der Waals surface area contributed by atoms with E-state index < -0.39 is 33.8 Å². The van der Waals surface area contributed by atoms with Gasteiger partial charge >= 0.3 is 6.03 Å². The number of likely N-dealkylation sites (N-methyl/N-ethyl adjacent to an activating group) is 1. The first-order chi connectivity index (χ1) is 15.3. The highest BCUT2D eigenvalue weighted by atomic mass is 32.2. The maximum atomic E-state index is 13.2. The molecule has 7 nitrogen and oxygen atoms in total. The number of anilines is 1. The van der Waals surface area contributed by atoms with Crippen LogP contribution in [0.2, 0.25) is 0 Å². The number of nitrogens with one attached hydrogen (secondary N) is 2. The molecule has 0 aliphatic heterocycles. The normalized spacial score (nSPS) is 11.9. The summed E-state index contributed by atoms with van der Waals surface area (Å²) in [5, 5.41) is 2.46. The molecule has 9 heteroatoms. The maximum absolute atomic E-state index is 13.2. The van der Waals surface area contributed by atoms with Gasteiger partial charge in [0.15, 0.2) is 0 Å². The molecule has 0 bridgehead atoms. The molecule has 0 aliphatic carbocycles. The molecule has 2 N–H and O–H groups in total. The number of rotatable bonds is 7. The summed E-state index contributed by atoms with van der Waals surface area (Å²) in [4.78, 5) is 26.9. The highest BCUT2D eigenvalue weighted by Crippen LogP contribution is 2.16. The van der Waals surface area contributed by atoms with Crippen molar-refractivity contribution in [3.63, 3.8) is 0 Å². The highest BCUT2D eigenvalue weighted by molar-refractivity contribution is 7.90. The van der Waals surface area contributed by atoms with Crippen LogP contribution in [0.1, 0.15) is 5.56 Å². The van der Waals surface area contributed by atoms with Gasteiger partial charge in [-0.1, -0.05) is 48.5 Å². The number of amides is 3. The second-order valence-electron chi connectivity index (χ2n) is 7.01. The summed E-state index contributed by atoms with van der Waals surface area (Å²) in [5.74, 6) is -0.938. The standard InChI is InChI=1S/C23H22FN3O4S/c1-27(19-14-12-18(24)13-15-19)22(28)21(16-17-8-4-2-5-9-17)25-23(29)26-32(30,31)20-10-6-3-7-11-20/h2-15,21H,16H2,1H3,(H2,25,26,29)/t21-/m0/s1. The first-order valence-electron chi connectivity index (χ1n) is 9.72. The van der Waals surface area contributed by atoms with Gasteiger partial charge in [0.05, 0.1) is 4.90 Å². The zero-order chi connectivity index (χ0) is 23.1. The Hall–Kier alpha value is -3.72. The Labute approximate surface area is 185 Å². The van der Waals surface area contributed by atoms with Crippen molar-refractivity contribution in [2.75, 3.05) is 11.9 Å². The molecule has 3 rings (SSSR count). The third-order valence-electron chi connectivity index (χ3n) is 4.71. The minimum absolute atomic E-state index is 0.0792. The van der Waals surface area contributed by atoms with Gasteiger partial charge < -0.3 is 10.2 Å². The van der Waals surface area contributed by atoms with Crippen LogP contribution in [0.25, 0.3) is 0 Å². The molecule has 32 heavy (non-hydrogen) atoms. The fourth-order valence-electron chi connectivity index (χ4n) is 3.04. The van der Waals surface area contributed by atoms with Gasteiger partial charge in [-0.05, 0) is 42.0 Å². The quantitative estimate of drug-likeness (QED) is 0.572. The van der Waals surface area contributed by atoms with Crippen molar-refractivity contribution in [1.82, 2.24) is 10.0 Å². The van der Waals surface area contributed by atoms with E-state index in [0.29, 0.717) is 5.69 Å². The van der Waals surface area contributed by atoms with Crippen LogP contribution in [-0.4, -0.2) is 33.4 Å². The lowest BCUT2D eigenvalue weighted by atomic mass is 10.0. The van der Waals surface area contributed by atoms with Crippen LogP contribution in [-0.2, 0) is 21.2 Å². The van der Waals surface area contributed by atoms with Gasteiger partial charge in [-0.15, -0.1) is 0 Å². The monoisotopic (exact) mass is 455 g/mol. The van der Waals surface area contributed by atoms with E-state index in [4.69, 9.17) is 0 Å². The van der Waals surface area contributed by atoms with Crippen molar-refractivity contribution >= 4 is 27.6 Å². The molecular weight excluding hydrogens is 433 g/mol. The Morgan fingerprint density at radius 1 is 0.906 bits per heavy atom. The number of carbonyl (C=O) groups is 2. The second-order valence-corrected chi connectivity index (χ2v) is 8.69. The van der Waals surface area contributed by atoms with Gasteiger partial charge in [0.25, 0.3) is 10.0 Å². The molecule has 0 aliphatic rings. The molecule has 1 atom stereocenters. The zero-order valence-electron chi connectivity index (χ0n) is 17.2. The van der Waals surface area contributed by atoms with Crippen molar-refractivity contribution in [1.29, 1.82) is 0 Å². The van der Waals surface area contributed by atoms with E-state index >= 15 is 0 Å². The Morgan fingerprint density at radius 3 is 2.06 bits per heavy atom. The number of nitrogens with zero attached hydrogens (tertiary/aromatic N) is 1. The Balaban J connectivity index is 1.80. The number of hydrogen-bond acceptors (Lipinski definition) is 4. The molecule has 0 fully saturated rings. The highest BCUT2D eigenvalue weighted by Gasteiger charge is 2.27. The lowest BCUT2D eigenvalue weighted by Crippen LogP contribution is -2.52. The number of hydrogen-bond donors (Lipinski definition) is 2. The van der Waals surface area contributed by atoms with Crippen LogP contribution in [0, 0.1) is 5.82 Å². The van der Waals surface area contributed by atoms with E-state index in [0.717, 1.165) is 5.56 Å². The van der Waals surface area contributed by atoms with E-state index in [9.17, 15) is 22.4 Å². The van der Waals surface area contributed by atoms with Gasteiger partial charge in [0.1, 0.15) is 11.9 Å². The molecule has 0 heterocycles. The van der Waals surface area contributed by atoms with Gasteiger partial charge in [-0.25, -0.2) is 22.3 Å². The predicted molar refractivity (Wildman–Crippen MR) is 119 cm³/mol. The molecule has 3 aromatic rings. The molecule has 0 saturated heterocycles. The fourth-order valence-corrected chi connectivity index (χ4v) is 3.98. The third kappa shape index (κ3) is 5.92. The zero-order valence-corrected chi connectivity index (χ0v) is 18.1. The Kier molecular flexibility index (Phi) is 7.21. The van der Waals surface area contributed by atoms with Crippen LogP contribution in [0.4, 0.5) is 14.9 Å². The lowest BCUT2D eigenvalue weighted by molar-refractivity contribution is -0.120. The van der Waals surface area contributed by atoms with Gasteiger partial charge in [-0.3, -0.25) is 4.79 Å². The summed E-state index contributed by atoms with van der Waals surface area (Å²) >= 11 is 0. The summed E-state index contributed by atoms with van der Waals surface area (Å²) in [6.07, 6.45) is 0.129. The first-order valence-corrected chi connectivity index (χ1v) is 11.2. The first kappa shape index (κ1) is 23.0. The van der Waals surface area contributed by atoms with Crippen LogP contribution in [0.5, 0.6) is 0 Å². The average Bonchev–Trinajstić information content (AvgIpc) is 2.79. The van der Waals surface area contributed by atoms with E-state index in [-0.39, 0.29) is 11.3 Å². The smallest absolute Gasteiger partial charge is 0.325 e. The fraction of sp³-hybridized carbons (Fsp3) is 0.130. The van der Waals surface area contributed by atoms with Crippen LogP contribution >= 0.6 is 0 Å². The summed E-state index contributed by atoms with van der Waals surface area (Å²) in [6, 6.07) is 19.6. The Morgan fingerprint density at radius 2 is 1.47 bits per heavy atom. The van der Waals surface area contributed by atoms with Gasteiger partial charge in [-0.2, -0.15) is 0 Å². The molecule has 0 saturated carbocycles. The summed E-state index contributed by atoms with van der Waals surface area (Å²) in [5.41, 5.74) is 1.19. The van der Waals surface area contributed by atoms with Crippen molar-refractivity contribution in [2.24, 2.45) is 0 Å². The Bertz CT molecular complexity index is 1170. The summed E-state index contributed by atoms with van der Waals surface area (Å²) in [6.45, 7) is 0. The molecule has 0 unspecified atom stereocenters. The van der Waals surface area contributed by atoms with Crippen molar-refractivity contribution < 1.29 is 22.4 Å². The third-order valence-corrected chi connectivity index (χ3v) is 6.06. The molecular formula is C23H22FN3O4S. The topological polar surface area (TPSA) is 95.6 Å². The van der Waals surface area contributed by atoms with Crippen LogP contribution in [0.3, 0.4) is 0 Å². The second kappa shape index (κ2) is 10.1. The van der Waals surface area contributed by atoms with E-state index in [1.54, 1.807) is 30.3 Å². The van der Waals surface area contributed by atoms with Gasteiger partial charge in [0, 0.05) is 19.2 Å². The summed E-state index contributed by atoms with van der Waals surface area (Å²) < 4.78 is 40.0. The number of sulfonamides is 1. The van der Waals surface area contributed by atoms with Crippen LogP contribution in [0.15, 0.2) is 89.8 Å². The maximum Gasteiger partial charge on any atom is 0.329 e. The van der Waals surface area contributed by atoms with Crippen molar-refractivity contribution in [3.05, 3.63) is 96.3 Å². The minimum atomic E-state index is -4.11. The summed E-state index contributed by atoms with van der Waals surface area (Å²) in [7, 11) is -2.62. The largest absolute Gasteiger partial charge is 0.329 e. The van der Waals surface area contributed by atoms with Crippen LogP contribution < -0.4 is 14.9 Å². The van der Waals surface area contributed by atoms with E-state index in [2.05, 4.69) is 5.32 Å². The number of urea groups is 1. The molecule has 3 aromatic carbocycles. The van der Waals surface area contributed by atoms with Crippen molar-refractivity contribution in [3.8, 4) is 0 Å². The average molecular weight is 456 g/mol. The lowest BCUT2D eigenvalue weighted by Gasteiger charge is -2.25. The predicted octanol–water partition coefficient (Wildman–Crippen LogP) is 3.09. The number of halogens is 1. The molecule has 3 amide bonds. The molecule has 0 radical (unpaired) electrons. The van der Waals surface area contributed by atoms with E-state index in [1.165, 1.54) is 60.5 Å². The molecule has 0 aromatic heterocycles.